The van der Waals surface area contributed by atoms with E-state index in [2.05, 4.69) is 38.7 Å². The summed E-state index contributed by atoms with van der Waals surface area (Å²) in [5.74, 6) is 4.98. The van der Waals surface area contributed by atoms with Crippen LogP contribution in [0, 0.1) is 11.8 Å². The maximum absolute atomic E-state index is 5.64. The van der Waals surface area contributed by atoms with Crippen molar-refractivity contribution in [1.82, 2.24) is 19.9 Å². The van der Waals surface area contributed by atoms with Crippen LogP contribution < -0.4 is 4.90 Å². The van der Waals surface area contributed by atoms with E-state index in [0.29, 0.717) is 18.4 Å². The fourth-order valence-corrected chi connectivity index (χ4v) is 5.73. The molecule has 5 rings (SSSR count). The molecule has 0 spiro atoms. The molecule has 0 saturated carbocycles. The minimum absolute atomic E-state index is 0.633. The van der Waals surface area contributed by atoms with Gasteiger partial charge in [0.25, 0.3) is 0 Å². The van der Waals surface area contributed by atoms with Crippen LogP contribution in [0.4, 0.5) is 5.95 Å². The van der Waals surface area contributed by atoms with E-state index in [-0.39, 0.29) is 0 Å². The molecule has 2 unspecified atom stereocenters. The Labute approximate surface area is 181 Å². The Balaban J connectivity index is 1.40. The molecule has 2 aliphatic rings. The third-order valence-electron chi connectivity index (χ3n) is 6.11. The summed E-state index contributed by atoms with van der Waals surface area (Å²) in [6, 6.07) is 3.94. The molecule has 2 atom stereocenters. The molecule has 1 saturated heterocycles. The first-order valence-electron chi connectivity index (χ1n) is 11.0. The summed E-state index contributed by atoms with van der Waals surface area (Å²) in [5.41, 5.74) is 2.37. The number of fused-ring (bicyclic) bond motifs is 1. The lowest BCUT2D eigenvalue weighted by molar-refractivity contribution is 0.350. The molecule has 1 aliphatic carbocycles. The predicted octanol–water partition coefficient (Wildman–Crippen LogP) is 4.56. The predicted molar refractivity (Wildman–Crippen MR) is 116 cm³/mol. The van der Waals surface area contributed by atoms with Crippen molar-refractivity contribution in [3.63, 3.8) is 0 Å². The van der Waals surface area contributed by atoms with Gasteiger partial charge in [0.2, 0.25) is 5.95 Å². The van der Waals surface area contributed by atoms with Gasteiger partial charge in [-0.1, -0.05) is 30.8 Å². The SMILES string of the molecule is CC1CC(C)CN(c2nnc(SCc3noc4c3CCCC4)n2Cc2ccco2)C1. The van der Waals surface area contributed by atoms with Crippen molar-refractivity contribution < 1.29 is 8.94 Å². The molecule has 1 aliphatic heterocycles. The van der Waals surface area contributed by atoms with E-state index < -0.39 is 0 Å². The van der Waals surface area contributed by atoms with E-state index in [1.165, 1.54) is 24.8 Å². The maximum atomic E-state index is 5.64. The number of piperidine rings is 1. The van der Waals surface area contributed by atoms with Crippen molar-refractivity contribution in [1.29, 1.82) is 0 Å². The number of aryl methyl sites for hydroxylation is 1. The van der Waals surface area contributed by atoms with Gasteiger partial charge in [0.1, 0.15) is 11.5 Å². The molecule has 8 heteroatoms. The molecule has 1 fully saturated rings. The fraction of sp³-hybridized carbons (Fsp3) is 0.591. The van der Waals surface area contributed by atoms with Crippen molar-refractivity contribution >= 4 is 17.7 Å². The molecule has 0 amide bonds. The zero-order valence-corrected chi connectivity index (χ0v) is 18.5. The monoisotopic (exact) mass is 427 g/mol. The lowest BCUT2D eigenvalue weighted by Crippen LogP contribution is -2.40. The quantitative estimate of drug-likeness (QED) is 0.534. The Bertz CT molecular complexity index is 970. The molecule has 0 N–H and O–H groups in total. The highest BCUT2D eigenvalue weighted by molar-refractivity contribution is 7.98. The first kappa shape index (κ1) is 19.7. The first-order chi connectivity index (χ1) is 14.7. The second kappa shape index (κ2) is 8.49. The summed E-state index contributed by atoms with van der Waals surface area (Å²) in [5, 5.41) is 14.4. The molecule has 0 radical (unpaired) electrons. The van der Waals surface area contributed by atoms with Crippen LogP contribution in [0.5, 0.6) is 0 Å². The molecule has 160 valence electrons. The van der Waals surface area contributed by atoms with Crippen LogP contribution >= 0.6 is 11.8 Å². The van der Waals surface area contributed by atoms with E-state index in [0.717, 1.165) is 60.0 Å². The number of rotatable bonds is 6. The Morgan fingerprint density at radius 2 is 1.97 bits per heavy atom. The molecule has 3 aromatic rings. The van der Waals surface area contributed by atoms with E-state index in [9.17, 15) is 0 Å². The average Bonchev–Trinajstić information content (AvgIpc) is 3.46. The molecule has 7 nitrogen and oxygen atoms in total. The minimum Gasteiger partial charge on any atom is -0.467 e. The van der Waals surface area contributed by atoms with Crippen LogP contribution in [0.15, 0.2) is 32.5 Å². The summed E-state index contributed by atoms with van der Waals surface area (Å²) in [6.45, 7) is 7.30. The zero-order valence-electron chi connectivity index (χ0n) is 17.7. The second-order valence-corrected chi connectivity index (χ2v) is 9.77. The van der Waals surface area contributed by atoms with E-state index in [4.69, 9.17) is 8.94 Å². The fourth-order valence-electron chi connectivity index (χ4n) is 4.84. The number of aromatic nitrogens is 4. The number of thioether (sulfide) groups is 1. The number of anilines is 1. The third kappa shape index (κ3) is 4.02. The van der Waals surface area contributed by atoms with E-state index >= 15 is 0 Å². The maximum Gasteiger partial charge on any atom is 0.228 e. The van der Waals surface area contributed by atoms with Gasteiger partial charge in [-0.3, -0.25) is 4.57 Å². The highest BCUT2D eigenvalue weighted by atomic mass is 32.2. The Morgan fingerprint density at radius 3 is 2.77 bits per heavy atom. The van der Waals surface area contributed by atoms with Crippen LogP contribution in [0.3, 0.4) is 0 Å². The Hall–Kier alpha value is -2.22. The van der Waals surface area contributed by atoms with Gasteiger partial charge in [0.15, 0.2) is 5.16 Å². The van der Waals surface area contributed by atoms with Crippen LogP contribution in [-0.4, -0.2) is 33.0 Å². The lowest BCUT2D eigenvalue weighted by atomic mass is 9.92. The van der Waals surface area contributed by atoms with Gasteiger partial charge >= 0.3 is 0 Å². The highest BCUT2D eigenvalue weighted by Gasteiger charge is 2.27. The van der Waals surface area contributed by atoms with Crippen LogP contribution in [0.2, 0.25) is 0 Å². The minimum atomic E-state index is 0.633. The summed E-state index contributed by atoms with van der Waals surface area (Å²) in [6.07, 6.45) is 7.48. The van der Waals surface area contributed by atoms with Crippen LogP contribution in [0.25, 0.3) is 0 Å². The number of hydrogen-bond acceptors (Lipinski definition) is 7. The van der Waals surface area contributed by atoms with Gasteiger partial charge in [-0.2, -0.15) is 0 Å². The standard InChI is InChI=1S/C22H29N5O2S/c1-15-10-16(2)12-26(11-15)21-23-24-22(27(21)13-17-6-5-9-28-17)30-14-19-18-7-3-4-8-20(18)29-25-19/h5-6,9,15-16H,3-4,7-8,10-14H2,1-2H3. The summed E-state index contributed by atoms with van der Waals surface area (Å²) in [7, 11) is 0. The van der Waals surface area contributed by atoms with Crippen LogP contribution in [-0.2, 0) is 25.1 Å². The van der Waals surface area contributed by atoms with Gasteiger partial charge in [0.05, 0.1) is 18.5 Å². The van der Waals surface area contributed by atoms with E-state index in [1.807, 2.05) is 12.1 Å². The molecule has 4 heterocycles. The lowest BCUT2D eigenvalue weighted by Gasteiger charge is -2.35. The van der Waals surface area contributed by atoms with Gasteiger partial charge in [-0.15, -0.1) is 10.2 Å². The van der Waals surface area contributed by atoms with Crippen LogP contribution in [0.1, 0.15) is 55.9 Å². The van der Waals surface area contributed by atoms with Crippen molar-refractivity contribution in [2.24, 2.45) is 11.8 Å². The number of nitrogens with zero attached hydrogens (tertiary/aromatic N) is 5. The van der Waals surface area contributed by atoms with Gasteiger partial charge in [0, 0.05) is 30.8 Å². The largest absolute Gasteiger partial charge is 0.467 e. The smallest absolute Gasteiger partial charge is 0.228 e. The molecule has 3 aromatic heterocycles. The Morgan fingerprint density at radius 1 is 1.13 bits per heavy atom. The average molecular weight is 428 g/mol. The second-order valence-electron chi connectivity index (χ2n) is 8.83. The summed E-state index contributed by atoms with van der Waals surface area (Å²) >= 11 is 1.68. The summed E-state index contributed by atoms with van der Waals surface area (Å²) < 4.78 is 13.4. The van der Waals surface area contributed by atoms with Gasteiger partial charge < -0.3 is 13.8 Å². The topological polar surface area (TPSA) is 73.1 Å². The van der Waals surface area contributed by atoms with Gasteiger partial charge in [-0.25, -0.2) is 0 Å². The Kier molecular flexibility index (Phi) is 5.58. The highest BCUT2D eigenvalue weighted by Crippen LogP contribution is 2.32. The molecule has 0 bridgehead atoms. The van der Waals surface area contributed by atoms with Crippen molar-refractivity contribution in [2.45, 2.75) is 63.4 Å². The van der Waals surface area contributed by atoms with Crippen molar-refractivity contribution in [3.05, 3.63) is 41.2 Å². The molecule has 30 heavy (non-hydrogen) atoms. The third-order valence-corrected chi connectivity index (χ3v) is 7.09. The van der Waals surface area contributed by atoms with Crippen molar-refractivity contribution in [3.8, 4) is 0 Å². The normalized spacial score (nSPS) is 21.7. The first-order valence-corrected chi connectivity index (χ1v) is 12.0. The summed E-state index contributed by atoms with van der Waals surface area (Å²) in [4.78, 5) is 2.39. The molecule has 0 aromatic carbocycles. The molecular formula is C22H29N5O2S. The van der Waals surface area contributed by atoms with Gasteiger partial charge in [-0.05, 0) is 49.7 Å². The number of hydrogen-bond donors (Lipinski definition) is 0. The van der Waals surface area contributed by atoms with Crippen molar-refractivity contribution in [2.75, 3.05) is 18.0 Å². The van der Waals surface area contributed by atoms with E-state index in [1.54, 1.807) is 18.0 Å². The number of furan rings is 1. The molecular weight excluding hydrogens is 398 g/mol. The zero-order chi connectivity index (χ0) is 20.5.